The number of methoxy groups -OCH3 is 1. The smallest absolute Gasteiger partial charge is 0.322 e. The second-order valence-electron chi connectivity index (χ2n) is 4.44. The van der Waals surface area contributed by atoms with Gasteiger partial charge in [0.05, 0.1) is 12.7 Å². The minimum atomic E-state index is -3.67. The first kappa shape index (κ1) is 16.4. The van der Waals surface area contributed by atoms with Crippen molar-refractivity contribution in [2.24, 2.45) is 5.73 Å². The van der Waals surface area contributed by atoms with E-state index < -0.39 is 21.7 Å². The molecule has 0 radical (unpaired) electrons. The number of hydrogen-bond donors (Lipinski definition) is 1. The summed E-state index contributed by atoms with van der Waals surface area (Å²) in [6.45, 7) is 2.34. The highest BCUT2D eigenvalue weighted by Gasteiger charge is 2.36. The molecule has 2 N–H and O–H groups in total. The highest BCUT2D eigenvalue weighted by Crippen LogP contribution is 2.22. The first-order valence-corrected chi connectivity index (χ1v) is 7.93. The highest BCUT2D eigenvalue weighted by molar-refractivity contribution is 7.89. The first-order chi connectivity index (χ1) is 8.94. The predicted molar refractivity (Wildman–Crippen MR) is 70.0 cm³/mol. The molecule has 0 aliphatic carbocycles. The molecule has 1 aliphatic rings. The molecular formula is C11H22N2O5S. The third kappa shape index (κ3) is 4.41. The molecule has 0 bridgehead atoms. The maximum Gasteiger partial charge on any atom is 0.322 e. The number of ether oxygens (including phenoxy) is 2. The van der Waals surface area contributed by atoms with Crippen LogP contribution in [0.15, 0.2) is 0 Å². The molecule has 2 unspecified atom stereocenters. The van der Waals surface area contributed by atoms with Crippen LogP contribution in [0.4, 0.5) is 0 Å². The molecule has 0 aromatic carbocycles. The Morgan fingerprint density at radius 2 is 2.16 bits per heavy atom. The molecule has 1 heterocycles. The lowest BCUT2D eigenvalue weighted by molar-refractivity contribution is -0.140. The van der Waals surface area contributed by atoms with Crippen molar-refractivity contribution in [2.75, 3.05) is 32.6 Å². The molecule has 0 amide bonds. The minimum absolute atomic E-state index is 0.0163. The Hall–Kier alpha value is -0.700. The molecule has 0 saturated carbocycles. The fraction of sp³-hybridized carbons (Fsp3) is 0.909. The summed E-state index contributed by atoms with van der Waals surface area (Å²) in [6.07, 6.45) is 1.17. The van der Waals surface area contributed by atoms with Gasteiger partial charge in [-0.15, -0.1) is 0 Å². The van der Waals surface area contributed by atoms with Crippen LogP contribution >= 0.6 is 0 Å². The summed E-state index contributed by atoms with van der Waals surface area (Å²) in [5.74, 6) is -1.36. The number of nitrogens with zero attached hydrogens (tertiary/aromatic N) is 1. The summed E-state index contributed by atoms with van der Waals surface area (Å²) in [7, 11) is -2.08. The van der Waals surface area contributed by atoms with E-state index >= 15 is 0 Å². The summed E-state index contributed by atoms with van der Waals surface area (Å²) in [5.41, 5.74) is 5.62. The molecule has 2 atom stereocenters. The van der Waals surface area contributed by atoms with Gasteiger partial charge >= 0.3 is 5.97 Å². The van der Waals surface area contributed by atoms with Gasteiger partial charge in [0.2, 0.25) is 10.0 Å². The maximum atomic E-state index is 12.2. The fourth-order valence-corrected chi connectivity index (χ4v) is 3.78. The monoisotopic (exact) mass is 294 g/mol. The Bertz CT molecular complexity index is 398. The molecule has 1 saturated heterocycles. The van der Waals surface area contributed by atoms with E-state index in [9.17, 15) is 13.2 Å². The van der Waals surface area contributed by atoms with Crippen LogP contribution in [0.25, 0.3) is 0 Å². The lowest BCUT2D eigenvalue weighted by Crippen LogP contribution is -2.52. The van der Waals surface area contributed by atoms with E-state index in [1.165, 1.54) is 4.31 Å². The van der Waals surface area contributed by atoms with E-state index in [0.29, 0.717) is 19.4 Å². The molecule has 1 aliphatic heterocycles. The van der Waals surface area contributed by atoms with E-state index in [-0.39, 0.29) is 25.3 Å². The summed E-state index contributed by atoms with van der Waals surface area (Å²) < 4.78 is 35.5. The van der Waals surface area contributed by atoms with Crippen molar-refractivity contribution in [2.45, 2.75) is 31.9 Å². The van der Waals surface area contributed by atoms with Crippen molar-refractivity contribution >= 4 is 16.0 Å². The lowest BCUT2D eigenvalue weighted by atomic mass is 10.0. The van der Waals surface area contributed by atoms with Crippen molar-refractivity contribution in [3.8, 4) is 0 Å². The van der Waals surface area contributed by atoms with Crippen LogP contribution in [-0.2, 0) is 24.3 Å². The van der Waals surface area contributed by atoms with Gasteiger partial charge < -0.3 is 15.2 Å². The van der Waals surface area contributed by atoms with Crippen LogP contribution in [-0.4, -0.2) is 63.4 Å². The molecule has 8 heteroatoms. The Labute approximate surface area is 114 Å². The first-order valence-electron chi connectivity index (χ1n) is 6.32. The largest absolute Gasteiger partial charge is 0.465 e. The van der Waals surface area contributed by atoms with Gasteiger partial charge in [0.15, 0.2) is 5.75 Å². The third-order valence-electron chi connectivity index (χ3n) is 3.18. The van der Waals surface area contributed by atoms with Crippen molar-refractivity contribution in [1.29, 1.82) is 0 Å². The SMILES string of the molecule is CCOC(=O)CS(=O)(=O)N1CCC(OC)CC1CN. The van der Waals surface area contributed by atoms with Gasteiger partial charge in [-0.1, -0.05) is 0 Å². The van der Waals surface area contributed by atoms with Gasteiger partial charge in [-0.2, -0.15) is 4.31 Å². The van der Waals surface area contributed by atoms with E-state index in [0.717, 1.165) is 0 Å². The van der Waals surface area contributed by atoms with Gasteiger partial charge in [-0.25, -0.2) is 8.42 Å². The third-order valence-corrected chi connectivity index (χ3v) is 4.98. The lowest BCUT2D eigenvalue weighted by Gasteiger charge is -2.37. The number of hydrogen-bond acceptors (Lipinski definition) is 6. The molecule has 1 rings (SSSR count). The summed E-state index contributed by atoms with van der Waals surface area (Å²) in [6, 6.07) is -0.321. The number of nitrogens with two attached hydrogens (primary N) is 1. The fourth-order valence-electron chi connectivity index (χ4n) is 2.22. The zero-order valence-corrected chi connectivity index (χ0v) is 12.2. The van der Waals surface area contributed by atoms with E-state index in [2.05, 4.69) is 4.74 Å². The molecule has 0 aromatic rings. The predicted octanol–water partition coefficient (Wildman–Crippen LogP) is -0.683. The molecule has 0 spiro atoms. The number of carbonyl (C=O) groups is 1. The van der Waals surface area contributed by atoms with Gasteiger partial charge in [-0.05, 0) is 19.8 Å². The van der Waals surface area contributed by atoms with Crippen LogP contribution < -0.4 is 5.73 Å². The zero-order valence-electron chi connectivity index (χ0n) is 11.4. The van der Waals surface area contributed by atoms with Crippen LogP contribution in [0.3, 0.4) is 0 Å². The van der Waals surface area contributed by atoms with Crippen LogP contribution in [0.2, 0.25) is 0 Å². The molecule has 19 heavy (non-hydrogen) atoms. The summed E-state index contributed by atoms with van der Waals surface area (Å²) in [5, 5.41) is 0. The number of rotatable bonds is 6. The number of sulfonamides is 1. The summed E-state index contributed by atoms with van der Waals surface area (Å²) >= 11 is 0. The van der Waals surface area contributed by atoms with E-state index in [4.69, 9.17) is 10.5 Å². The Morgan fingerprint density at radius 3 is 2.68 bits per heavy atom. The molecule has 0 aromatic heterocycles. The number of carbonyl (C=O) groups excluding carboxylic acids is 1. The Morgan fingerprint density at radius 1 is 1.47 bits per heavy atom. The van der Waals surface area contributed by atoms with Crippen LogP contribution in [0, 0.1) is 0 Å². The highest BCUT2D eigenvalue weighted by atomic mass is 32.2. The van der Waals surface area contributed by atoms with Crippen LogP contribution in [0.5, 0.6) is 0 Å². The molecule has 7 nitrogen and oxygen atoms in total. The van der Waals surface area contributed by atoms with Crippen molar-refractivity contribution < 1.29 is 22.7 Å². The second-order valence-corrected chi connectivity index (χ2v) is 6.37. The number of esters is 1. The minimum Gasteiger partial charge on any atom is -0.465 e. The van der Waals surface area contributed by atoms with E-state index in [1.54, 1.807) is 14.0 Å². The van der Waals surface area contributed by atoms with Gasteiger partial charge in [0, 0.05) is 26.2 Å². The maximum absolute atomic E-state index is 12.2. The van der Waals surface area contributed by atoms with Gasteiger partial charge in [0.25, 0.3) is 0 Å². The summed E-state index contributed by atoms with van der Waals surface area (Å²) in [4.78, 5) is 11.3. The second kappa shape index (κ2) is 7.18. The van der Waals surface area contributed by atoms with E-state index in [1.807, 2.05) is 0 Å². The van der Waals surface area contributed by atoms with Crippen molar-refractivity contribution in [1.82, 2.24) is 4.31 Å². The van der Waals surface area contributed by atoms with Crippen molar-refractivity contribution in [3.05, 3.63) is 0 Å². The normalized spacial score (nSPS) is 25.2. The standard InChI is InChI=1S/C11H22N2O5S/c1-3-18-11(14)8-19(15,16)13-5-4-10(17-2)6-9(13)7-12/h9-10H,3-8,12H2,1-2H3. The Kier molecular flexibility index (Phi) is 6.18. The van der Waals surface area contributed by atoms with Crippen molar-refractivity contribution in [3.63, 3.8) is 0 Å². The van der Waals surface area contributed by atoms with Crippen LogP contribution in [0.1, 0.15) is 19.8 Å². The molecular weight excluding hydrogens is 272 g/mol. The molecule has 112 valence electrons. The Balaban J connectivity index is 2.73. The average molecular weight is 294 g/mol. The average Bonchev–Trinajstić information content (AvgIpc) is 2.37. The number of piperidine rings is 1. The quantitative estimate of drug-likeness (QED) is 0.652. The molecule has 1 fully saturated rings. The van der Waals surface area contributed by atoms with Gasteiger partial charge in [-0.3, -0.25) is 4.79 Å². The van der Waals surface area contributed by atoms with Gasteiger partial charge in [0.1, 0.15) is 0 Å². The zero-order chi connectivity index (χ0) is 14.5. The topological polar surface area (TPSA) is 98.9 Å².